The van der Waals surface area contributed by atoms with E-state index in [9.17, 15) is 13.2 Å². The number of hydrogen-bond donors (Lipinski definition) is 0. The second kappa shape index (κ2) is 7.28. The molecule has 0 heterocycles. The number of carbonyl (C=O) groups is 1. The van der Waals surface area contributed by atoms with Crippen molar-refractivity contribution in [2.75, 3.05) is 18.1 Å². The van der Waals surface area contributed by atoms with Crippen LogP contribution in [0.1, 0.15) is 37.0 Å². The molecule has 0 fully saturated rings. The van der Waals surface area contributed by atoms with E-state index in [0.717, 1.165) is 0 Å². The van der Waals surface area contributed by atoms with Gasteiger partial charge >= 0.3 is 0 Å². The van der Waals surface area contributed by atoms with Gasteiger partial charge in [-0.2, -0.15) is 0 Å². The molecular weight excluding hydrogens is 264 g/mol. The molecule has 0 saturated carbocycles. The van der Waals surface area contributed by atoms with Crippen molar-refractivity contribution >= 4 is 15.6 Å². The third kappa shape index (κ3) is 5.03. The van der Waals surface area contributed by atoms with Crippen LogP contribution in [0.5, 0.6) is 5.75 Å². The van der Waals surface area contributed by atoms with Crippen molar-refractivity contribution < 1.29 is 17.9 Å². The summed E-state index contributed by atoms with van der Waals surface area (Å²) in [5.41, 5.74) is 0.559. The molecule has 1 aromatic rings. The lowest BCUT2D eigenvalue weighted by Crippen LogP contribution is -2.12. The molecule has 106 valence electrons. The molecule has 4 nitrogen and oxygen atoms in total. The maximum atomic E-state index is 11.7. The van der Waals surface area contributed by atoms with Gasteiger partial charge in [0.2, 0.25) is 0 Å². The highest BCUT2D eigenvalue weighted by Gasteiger charge is 2.11. The van der Waals surface area contributed by atoms with Gasteiger partial charge in [0.15, 0.2) is 5.78 Å². The van der Waals surface area contributed by atoms with Gasteiger partial charge in [-0.3, -0.25) is 4.79 Å². The molecule has 0 aliphatic heterocycles. The molecule has 1 rings (SSSR count). The van der Waals surface area contributed by atoms with Crippen LogP contribution in [0.2, 0.25) is 0 Å². The molecule has 0 spiro atoms. The number of carbonyl (C=O) groups excluding carboxylic acids is 1. The highest BCUT2D eigenvalue weighted by atomic mass is 32.2. The van der Waals surface area contributed by atoms with Crippen LogP contribution in [0.25, 0.3) is 0 Å². The van der Waals surface area contributed by atoms with Crippen LogP contribution in [-0.4, -0.2) is 32.3 Å². The fourth-order valence-electron chi connectivity index (χ4n) is 1.62. The molecule has 5 heteroatoms. The second-order valence-electron chi connectivity index (χ2n) is 4.21. The van der Waals surface area contributed by atoms with Gasteiger partial charge in [-0.25, -0.2) is 8.42 Å². The SMILES string of the molecule is CCC(=O)c1ccccc1OCCCS(=O)(=O)CC. The lowest BCUT2D eigenvalue weighted by atomic mass is 10.1. The van der Waals surface area contributed by atoms with Crippen LogP contribution in [0.4, 0.5) is 0 Å². The Kier molecular flexibility index (Phi) is 6.02. The van der Waals surface area contributed by atoms with Crippen LogP contribution in [0.15, 0.2) is 24.3 Å². The molecule has 0 saturated heterocycles. The zero-order valence-electron chi connectivity index (χ0n) is 11.4. The van der Waals surface area contributed by atoms with E-state index in [4.69, 9.17) is 4.74 Å². The standard InChI is InChI=1S/C14H20O4S/c1-3-13(15)12-8-5-6-9-14(12)18-10-7-11-19(16,17)4-2/h5-6,8-9H,3-4,7,10-11H2,1-2H3. The summed E-state index contributed by atoms with van der Waals surface area (Å²) in [7, 11) is -2.95. The maximum absolute atomic E-state index is 11.7. The number of ether oxygens (including phenoxy) is 1. The summed E-state index contributed by atoms with van der Waals surface area (Å²) in [6.07, 6.45) is 0.857. The summed E-state index contributed by atoms with van der Waals surface area (Å²) in [5.74, 6) is 0.825. The van der Waals surface area contributed by atoms with Crippen molar-refractivity contribution in [1.29, 1.82) is 0 Å². The van der Waals surface area contributed by atoms with Crippen LogP contribution in [0.3, 0.4) is 0 Å². The van der Waals surface area contributed by atoms with Crippen molar-refractivity contribution in [3.05, 3.63) is 29.8 Å². The van der Waals surface area contributed by atoms with Crippen LogP contribution >= 0.6 is 0 Å². The first-order valence-corrected chi connectivity index (χ1v) is 8.27. The number of benzene rings is 1. The smallest absolute Gasteiger partial charge is 0.166 e. The zero-order valence-corrected chi connectivity index (χ0v) is 12.2. The average Bonchev–Trinajstić information content (AvgIpc) is 2.43. The Hall–Kier alpha value is -1.36. The van der Waals surface area contributed by atoms with Gasteiger partial charge in [-0.1, -0.05) is 26.0 Å². The maximum Gasteiger partial charge on any atom is 0.166 e. The lowest BCUT2D eigenvalue weighted by Gasteiger charge is -2.10. The van der Waals surface area contributed by atoms with Gasteiger partial charge in [0.05, 0.1) is 17.9 Å². The third-order valence-electron chi connectivity index (χ3n) is 2.81. The Labute approximate surface area is 114 Å². The van der Waals surface area contributed by atoms with Crippen molar-refractivity contribution in [3.8, 4) is 5.75 Å². The van der Waals surface area contributed by atoms with Crippen molar-refractivity contribution in [2.45, 2.75) is 26.7 Å². The Morgan fingerprint density at radius 2 is 1.89 bits per heavy atom. The molecule has 0 radical (unpaired) electrons. The summed E-state index contributed by atoms with van der Waals surface area (Å²) in [5, 5.41) is 0. The normalized spacial score (nSPS) is 11.3. The predicted molar refractivity (Wildman–Crippen MR) is 75.5 cm³/mol. The van der Waals surface area contributed by atoms with Gasteiger partial charge < -0.3 is 4.74 Å². The first-order valence-electron chi connectivity index (χ1n) is 6.45. The summed E-state index contributed by atoms with van der Waals surface area (Å²) in [6.45, 7) is 3.73. The molecular formula is C14H20O4S. The van der Waals surface area contributed by atoms with Crippen LogP contribution in [-0.2, 0) is 9.84 Å². The van der Waals surface area contributed by atoms with E-state index >= 15 is 0 Å². The number of sulfone groups is 1. The van der Waals surface area contributed by atoms with Gasteiger partial charge in [0.1, 0.15) is 15.6 Å². The fourth-order valence-corrected chi connectivity index (χ4v) is 2.46. The number of hydrogen-bond acceptors (Lipinski definition) is 4. The van der Waals surface area contributed by atoms with E-state index in [1.54, 1.807) is 38.1 Å². The van der Waals surface area contributed by atoms with Crippen LogP contribution < -0.4 is 4.74 Å². The van der Waals surface area contributed by atoms with E-state index in [-0.39, 0.29) is 17.3 Å². The summed E-state index contributed by atoms with van der Waals surface area (Å²) in [6, 6.07) is 7.04. The Morgan fingerprint density at radius 1 is 1.21 bits per heavy atom. The van der Waals surface area contributed by atoms with E-state index in [2.05, 4.69) is 0 Å². The highest BCUT2D eigenvalue weighted by Crippen LogP contribution is 2.19. The largest absolute Gasteiger partial charge is 0.493 e. The number of Topliss-reactive ketones (excluding diaryl/α,β-unsaturated/α-hetero) is 1. The summed E-state index contributed by atoms with van der Waals surface area (Å²) < 4.78 is 28.2. The minimum absolute atomic E-state index is 0.0248. The van der Waals surface area contributed by atoms with Crippen molar-refractivity contribution in [2.24, 2.45) is 0 Å². The molecule has 0 aliphatic carbocycles. The first-order chi connectivity index (χ1) is 9.00. The third-order valence-corrected chi connectivity index (χ3v) is 4.60. The van der Waals surface area contributed by atoms with E-state index in [1.807, 2.05) is 0 Å². The number of rotatable bonds is 8. The quantitative estimate of drug-likeness (QED) is 0.543. The van der Waals surface area contributed by atoms with Crippen molar-refractivity contribution in [1.82, 2.24) is 0 Å². The molecule has 19 heavy (non-hydrogen) atoms. The Balaban J connectivity index is 2.57. The second-order valence-corrected chi connectivity index (χ2v) is 6.68. The minimum atomic E-state index is -2.95. The molecule has 1 aromatic carbocycles. The molecule has 0 aromatic heterocycles. The van der Waals surface area contributed by atoms with Crippen LogP contribution in [0, 0.1) is 0 Å². The monoisotopic (exact) mass is 284 g/mol. The highest BCUT2D eigenvalue weighted by molar-refractivity contribution is 7.91. The molecule has 0 amide bonds. The molecule has 0 N–H and O–H groups in total. The van der Waals surface area contributed by atoms with Gasteiger partial charge in [-0.05, 0) is 18.6 Å². The minimum Gasteiger partial charge on any atom is -0.493 e. The van der Waals surface area contributed by atoms with E-state index in [1.165, 1.54) is 0 Å². The van der Waals surface area contributed by atoms with E-state index < -0.39 is 9.84 Å². The average molecular weight is 284 g/mol. The molecule has 0 atom stereocenters. The van der Waals surface area contributed by atoms with Gasteiger partial charge in [0.25, 0.3) is 0 Å². The zero-order chi connectivity index (χ0) is 14.3. The molecule has 0 unspecified atom stereocenters. The van der Waals surface area contributed by atoms with Gasteiger partial charge in [0, 0.05) is 12.2 Å². The number of para-hydroxylation sites is 1. The van der Waals surface area contributed by atoms with Crippen molar-refractivity contribution in [3.63, 3.8) is 0 Å². The summed E-state index contributed by atoms with van der Waals surface area (Å²) in [4.78, 5) is 11.7. The molecule has 0 aliphatic rings. The summed E-state index contributed by atoms with van der Waals surface area (Å²) >= 11 is 0. The number of ketones is 1. The predicted octanol–water partition coefficient (Wildman–Crippen LogP) is 2.48. The first kappa shape index (κ1) is 15.7. The Morgan fingerprint density at radius 3 is 2.53 bits per heavy atom. The lowest BCUT2D eigenvalue weighted by molar-refractivity contribution is 0.0984. The van der Waals surface area contributed by atoms with Gasteiger partial charge in [-0.15, -0.1) is 0 Å². The fraction of sp³-hybridized carbons (Fsp3) is 0.500. The van der Waals surface area contributed by atoms with E-state index in [0.29, 0.717) is 30.8 Å². The molecule has 0 bridgehead atoms. The Bertz CT molecular complexity index is 520. The topological polar surface area (TPSA) is 60.4 Å².